The molecular formula is C9H15NO3. The minimum absolute atomic E-state index is 0.0781. The Balaban J connectivity index is 1.79. The maximum absolute atomic E-state index is 5.91. The van der Waals surface area contributed by atoms with E-state index in [-0.39, 0.29) is 12.3 Å². The second-order valence-electron chi connectivity index (χ2n) is 3.26. The molecule has 13 heavy (non-hydrogen) atoms. The molecule has 2 heterocycles. The Labute approximate surface area is 77.6 Å². The normalized spacial score (nSPS) is 25.8. The SMILES string of the molecule is NC(CC1OCCO1)C1=CCCO1. The van der Waals surface area contributed by atoms with Gasteiger partial charge >= 0.3 is 0 Å². The maximum Gasteiger partial charge on any atom is 0.159 e. The van der Waals surface area contributed by atoms with Gasteiger partial charge in [-0.25, -0.2) is 0 Å². The molecule has 0 radical (unpaired) electrons. The van der Waals surface area contributed by atoms with E-state index in [9.17, 15) is 0 Å². The standard InChI is InChI=1S/C9H15NO3/c10-7(8-2-1-3-11-8)6-9-12-4-5-13-9/h2,7,9H,1,3-6,10H2. The number of rotatable bonds is 3. The molecule has 0 aromatic carbocycles. The van der Waals surface area contributed by atoms with E-state index in [0.717, 1.165) is 18.8 Å². The van der Waals surface area contributed by atoms with E-state index in [1.54, 1.807) is 0 Å². The van der Waals surface area contributed by atoms with Crippen molar-refractivity contribution >= 4 is 0 Å². The minimum Gasteiger partial charge on any atom is -0.496 e. The fourth-order valence-electron chi connectivity index (χ4n) is 1.56. The highest BCUT2D eigenvalue weighted by atomic mass is 16.7. The summed E-state index contributed by atoms with van der Waals surface area (Å²) < 4.78 is 15.9. The quantitative estimate of drug-likeness (QED) is 0.690. The third kappa shape index (κ3) is 2.21. The number of nitrogens with two attached hydrogens (primary N) is 1. The molecule has 1 unspecified atom stereocenters. The highest BCUT2D eigenvalue weighted by Crippen LogP contribution is 2.18. The summed E-state index contributed by atoms with van der Waals surface area (Å²) >= 11 is 0. The van der Waals surface area contributed by atoms with Crippen LogP contribution in [0.25, 0.3) is 0 Å². The topological polar surface area (TPSA) is 53.7 Å². The van der Waals surface area contributed by atoms with E-state index < -0.39 is 0 Å². The van der Waals surface area contributed by atoms with Crippen LogP contribution in [0.3, 0.4) is 0 Å². The predicted octanol–water partition coefficient (Wildman–Crippen LogP) is 0.381. The van der Waals surface area contributed by atoms with Crippen LogP contribution in [0.15, 0.2) is 11.8 Å². The van der Waals surface area contributed by atoms with Crippen molar-refractivity contribution in [3.8, 4) is 0 Å². The summed E-state index contributed by atoms with van der Waals surface area (Å²) in [5.74, 6) is 0.888. The Bertz CT molecular complexity index is 199. The zero-order chi connectivity index (χ0) is 9.10. The van der Waals surface area contributed by atoms with Gasteiger partial charge < -0.3 is 19.9 Å². The molecular weight excluding hydrogens is 170 g/mol. The highest BCUT2D eigenvalue weighted by molar-refractivity contribution is 5.06. The summed E-state index contributed by atoms with van der Waals surface area (Å²) in [4.78, 5) is 0. The Morgan fingerprint density at radius 2 is 2.15 bits per heavy atom. The lowest BCUT2D eigenvalue weighted by atomic mass is 10.1. The largest absolute Gasteiger partial charge is 0.496 e. The van der Waals surface area contributed by atoms with Crippen molar-refractivity contribution in [2.24, 2.45) is 5.73 Å². The van der Waals surface area contributed by atoms with Crippen LogP contribution in [0.5, 0.6) is 0 Å². The molecule has 0 saturated carbocycles. The molecule has 2 aliphatic heterocycles. The van der Waals surface area contributed by atoms with Crippen LogP contribution in [-0.4, -0.2) is 32.2 Å². The fourth-order valence-corrected chi connectivity index (χ4v) is 1.56. The number of hydrogen-bond acceptors (Lipinski definition) is 4. The first kappa shape index (κ1) is 8.99. The van der Waals surface area contributed by atoms with Crippen molar-refractivity contribution in [3.63, 3.8) is 0 Å². The van der Waals surface area contributed by atoms with Gasteiger partial charge in [0.25, 0.3) is 0 Å². The zero-order valence-electron chi connectivity index (χ0n) is 7.57. The van der Waals surface area contributed by atoms with Crippen molar-refractivity contribution in [2.75, 3.05) is 19.8 Å². The fraction of sp³-hybridized carbons (Fsp3) is 0.778. The van der Waals surface area contributed by atoms with E-state index in [0.29, 0.717) is 19.6 Å². The molecule has 2 rings (SSSR count). The van der Waals surface area contributed by atoms with E-state index in [2.05, 4.69) is 0 Å². The zero-order valence-corrected chi connectivity index (χ0v) is 7.57. The first-order valence-corrected chi connectivity index (χ1v) is 4.68. The summed E-state index contributed by atoms with van der Waals surface area (Å²) in [6.45, 7) is 2.12. The number of ether oxygens (including phenoxy) is 3. The van der Waals surface area contributed by atoms with E-state index in [1.807, 2.05) is 6.08 Å². The molecule has 74 valence electrons. The Morgan fingerprint density at radius 3 is 2.77 bits per heavy atom. The lowest BCUT2D eigenvalue weighted by Crippen LogP contribution is -2.28. The van der Waals surface area contributed by atoms with Gasteiger partial charge in [-0.3, -0.25) is 0 Å². The van der Waals surface area contributed by atoms with Gasteiger partial charge in [0.1, 0.15) is 5.76 Å². The van der Waals surface area contributed by atoms with Crippen LogP contribution >= 0.6 is 0 Å². The molecule has 0 aromatic rings. The summed E-state index contributed by atoms with van der Waals surface area (Å²) in [5.41, 5.74) is 5.91. The van der Waals surface area contributed by atoms with Crippen molar-refractivity contribution in [1.29, 1.82) is 0 Å². The van der Waals surface area contributed by atoms with E-state index >= 15 is 0 Å². The molecule has 0 aliphatic carbocycles. The molecule has 0 amide bonds. The Morgan fingerprint density at radius 1 is 1.38 bits per heavy atom. The maximum atomic E-state index is 5.91. The van der Waals surface area contributed by atoms with Crippen molar-refractivity contribution in [2.45, 2.75) is 25.2 Å². The third-order valence-corrected chi connectivity index (χ3v) is 2.23. The second-order valence-corrected chi connectivity index (χ2v) is 3.26. The molecule has 0 spiro atoms. The average molecular weight is 185 g/mol. The molecule has 1 atom stereocenters. The van der Waals surface area contributed by atoms with Gasteiger partial charge in [-0.05, 0) is 6.08 Å². The van der Waals surface area contributed by atoms with Crippen molar-refractivity contribution in [3.05, 3.63) is 11.8 Å². The van der Waals surface area contributed by atoms with Crippen molar-refractivity contribution in [1.82, 2.24) is 0 Å². The molecule has 4 heteroatoms. The first-order chi connectivity index (χ1) is 6.36. The highest BCUT2D eigenvalue weighted by Gasteiger charge is 2.23. The molecule has 0 bridgehead atoms. The third-order valence-electron chi connectivity index (χ3n) is 2.23. The van der Waals surface area contributed by atoms with Gasteiger partial charge in [-0.1, -0.05) is 0 Å². The summed E-state index contributed by atoms with van der Waals surface area (Å²) in [6.07, 6.45) is 3.56. The van der Waals surface area contributed by atoms with Crippen LogP contribution in [-0.2, 0) is 14.2 Å². The molecule has 1 saturated heterocycles. The average Bonchev–Trinajstić information content (AvgIpc) is 2.74. The summed E-state index contributed by atoms with van der Waals surface area (Å²) in [5, 5.41) is 0. The van der Waals surface area contributed by atoms with Crippen LogP contribution in [0.2, 0.25) is 0 Å². The lowest BCUT2D eigenvalue weighted by molar-refractivity contribution is -0.0509. The minimum atomic E-state index is -0.139. The van der Waals surface area contributed by atoms with Gasteiger partial charge in [0.2, 0.25) is 0 Å². The number of hydrogen-bond donors (Lipinski definition) is 1. The van der Waals surface area contributed by atoms with Gasteiger partial charge in [-0.2, -0.15) is 0 Å². The summed E-state index contributed by atoms with van der Waals surface area (Å²) in [6, 6.07) is -0.0781. The van der Waals surface area contributed by atoms with E-state index in [4.69, 9.17) is 19.9 Å². The van der Waals surface area contributed by atoms with Crippen LogP contribution in [0, 0.1) is 0 Å². The van der Waals surface area contributed by atoms with Crippen LogP contribution < -0.4 is 5.73 Å². The van der Waals surface area contributed by atoms with Gasteiger partial charge in [0.15, 0.2) is 6.29 Å². The molecule has 0 aromatic heterocycles. The summed E-state index contributed by atoms with van der Waals surface area (Å²) in [7, 11) is 0. The second kappa shape index (κ2) is 4.09. The van der Waals surface area contributed by atoms with Crippen LogP contribution in [0.1, 0.15) is 12.8 Å². The molecule has 2 N–H and O–H groups in total. The van der Waals surface area contributed by atoms with E-state index in [1.165, 1.54) is 0 Å². The predicted molar refractivity (Wildman–Crippen MR) is 46.9 cm³/mol. The monoisotopic (exact) mass is 185 g/mol. The Hall–Kier alpha value is -0.580. The van der Waals surface area contributed by atoms with Crippen molar-refractivity contribution < 1.29 is 14.2 Å². The van der Waals surface area contributed by atoms with Gasteiger partial charge in [0.05, 0.1) is 25.9 Å². The Kier molecular flexibility index (Phi) is 2.83. The smallest absolute Gasteiger partial charge is 0.159 e. The van der Waals surface area contributed by atoms with Crippen LogP contribution in [0.4, 0.5) is 0 Å². The molecule has 2 aliphatic rings. The molecule has 4 nitrogen and oxygen atoms in total. The van der Waals surface area contributed by atoms with Gasteiger partial charge in [-0.15, -0.1) is 0 Å². The molecule has 1 fully saturated rings. The first-order valence-electron chi connectivity index (χ1n) is 4.68. The lowest BCUT2D eigenvalue weighted by Gasteiger charge is -2.16. The van der Waals surface area contributed by atoms with Gasteiger partial charge in [0, 0.05) is 12.8 Å².